The molecule has 2 aliphatic rings. The number of rotatable bonds is 0. The molecule has 3 unspecified atom stereocenters. The van der Waals surface area contributed by atoms with Crippen LogP contribution in [0.4, 0.5) is 8.78 Å². The molecule has 0 nitrogen and oxygen atoms in total. The van der Waals surface area contributed by atoms with Gasteiger partial charge in [-0.15, -0.1) is 0 Å². The Morgan fingerprint density at radius 2 is 2.00 bits per heavy atom. The molecule has 0 heterocycles. The maximum atomic E-state index is 11.9. The van der Waals surface area contributed by atoms with Crippen LogP contribution in [0.5, 0.6) is 0 Å². The first-order chi connectivity index (χ1) is 2.75. The van der Waals surface area contributed by atoms with Crippen LogP contribution in [0.25, 0.3) is 0 Å². The summed E-state index contributed by atoms with van der Waals surface area (Å²) in [6.07, 6.45) is -0.578. The molecule has 2 aliphatic carbocycles. The van der Waals surface area contributed by atoms with Crippen molar-refractivity contribution in [2.45, 2.75) is 18.3 Å². The second-order valence-electron chi connectivity index (χ2n) is 2.14. The SMILES string of the molecule is FC1C2CC12F. The molecule has 0 aromatic rings. The topological polar surface area (TPSA) is 0 Å². The molecule has 2 fully saturated rings. The highest BCUT2D eigenvalue weighted by Gasteiger charge is 2.82. The Labute approximate surface area is 34.2 Å². The van der Waals surface area contributed by atoms with E-state index in [1.807, 2.05) is 0 Å². The third-order valence-electron chi connectivity index (χ3n) is 1.69. The number of hydrogen-bond donors (Lipinski definition) is 0. The standard InChI is InChI=1S/C4H4F2/c5-3-2-1-4(2,3)6/h2-3H,1H2. The van der Waals surface area contributed by atoms with E-state index in [1.54, 1.807) is 0 Å². The van der Waals surface area contributed by atoms with E-state index in [0.29, 0.717) is 6.42 Å². The molecule has 0 amide bonds. The van der Waals surface area contributed by atoms with E-state index in [2.05, 4.69) is 0 Å². The molecule has 6 heavy (non-hydrogen) atoms. The molecule has 34 valence electrons. The third-order valence-corrected chi connectivity index (χ3v) is 1.69. The van der Waals surface area contributed by atoms with Crippen LogP contribution in [-0.4, -0.2) is 11.8 Å². The number of halogens is 2. The summed E-state index contributed by atoms with van der Waals surface area (Å²) in [6.45, 7) is 0. The average molecular weight is 90.1 g/mol. The second kappa shape index (κ2) is 0.438. The first kappa shape index (κ1) is 2.94. The van der Waals surface area contributed by atoms with Gasteiger partial charge in [-0.2, -0.15) is 0 Å². The summed E-state index contributed by atoms with van der Waals surface area (Å²) < 4.78 is 23.5. The zero-order valence-corrected chi connectivity index (χ0v) is 3.12. The summed E-state index contributed by atoms with van der Waals surface area (Å²) in [5.74, 6) is -0.169. The zero-order valence-electron chi connectivity index (χ0n) is 3.12. The highest BCUT2D eigenvalue weighted by Crippen LogP contribution is 2.71. The van der Waals surface area contributed by atoms with Crippen LogP contribution < -0.4 is 0 Å². The van der Waals surface area contributed by atoms with Gasteiger partial charge in [0.05, 0.1) is 0 Å². The van der Waals surface area contributed by atoms with Crippen molar-refractivity contribution in [3.63, 3.8) is 0 Å². The van der Waals surface area contributed by atoms with E-state index in [1.165, 1.54) is 0 Å². The molecular weight excluding hydrogens is 86.0 g/mol. The molecule has 0 bridgehead atoms. The minimum atomic E-state index is -1.29. The van der Waals surface area contributed by atoms with Crippen LogP contribution in [0.1, 0.15) is 6.42 Å². The van der Waals surface area contributed by atoms with Crippen molar-refractivity contribution in [3.8, 4) is 0 Å². The van der Waals surface area contributed by atoms with Crippen molar-refractivity contribution in [3.05, 3.63) is 0 Å². The van der Waals surface area contributed by atoms with Crippen LogP contribution in [0.15, 0.2) is 0 Å². The summed E-state index contributed by atoms with van der Waals surface area (Å²) in [6, 6.07) is 0. The van der Waals surface area contributed by atoms with Crippen molar-refractivity contribution >= 4 is 0 Å². The molecule has 2 heteroatoms. The van der Waals surface area contributed by atoms with E-state index >= 15 is 0 Å². The Kier molecular flexibility index (Phi) is 0.215. The van der Waals surface area contributed by atoms with Gasteiger partial charge in [-0.3, -0.25) is 0 Å². The van der Waals surface area contributed by atoms with Gasteiger partial charge in [-0.1, -0.05) is 0 Å². The Morgan fingerprint density at radius 3 is 2.00 bits per heavy atom. The first-order valence-electron chi connectivity index (χ1n) is 2.08. The number of hydrogen-bond acceptors (Lipinski definition) is 0. The highest BCUT2D eigenvalue weighted by molar-refractivity contribution is 5.30. The fourth-order valence-corrected chi connectivity index (χ4v) is 0.769. The van der Waals surface area contributed by atoms with Crippen LogP contribution in [0.2, 0.25) is 0 Å². The average Bonchev–Trinajstić information content (AvgIpc) is 2.24. The number of alkyl halides is 2. The molecule has 3 atom stereocenters. The molecule has 0 aromatic carbocycles. The Balaban J connectivity index is 2.23. The molecule has 0 spiro atoms. The van der Waals surface area contributed by atoms with Gasteiger partial charge in [0.2, 0.25) is 0 Å². The molecular formula is C4H4F2. The van der Waals surface area contributed by atoms with E-state index in [4.69, 9.17) is 0 Å². The van der Waals surface area contributed by atoms with Gasteiger partial charge in [0, 0.05) is 5.92 Å². The van der Waals surface area contributed by atoms with Crippen LogP contribution in [0, 0.1) is 5.92 Å². The third kappa shape index (κ3) is 0.111. The lowest BCUT2D eigenvalue weighted by Crippen LogP contribution is -1.94. The zero-order chi connectivity index (χ0) is 4.36. The predicted octanol–water partition coefficient (Wildman–Crippen LogP) is 1.07. The van der Waals surface area contributed by atoms with Crippen molar-refractivity contribution in [2.24, 2.45) is 5.92 Å². The maximum absolute atomic E-state index is 11.9. The summed E-state index contributed by atoms with van der Waals surface area (Å²) >= 11 is 0. The van der Waals surface area contributed by atoms with Crippen LogP contribution in [-0.2, 0) is 0 Å². The van der Waals surface area contributed by atoms with Crippen molar-refractivity contribution in [2.75, 3.05) is 0 Å². The molecule has 0 aliphatic heterocycles. The Morgan fingerprint density at radius 1 is 1.67 bits per heavy atom. The van der Waals surface area contributed by atoms with Gasteiger partial charge < -0.3 is 0 Å². The van der Waals surface area contributed by atoms with Gasteiger partial charge in [-0.05, 0) is 6.42 Å². The Hall–Kier alpha value is -0.140. The quantitative estimate of drug-likeness (QED) is 0.417. The lowest BCUT2D eigenvalue weighted by molar-refractivity contribution is 0.265. The van der Waals surface area contributed by atoms with Crippen molar-refractivity contribution < 1.29 is 8.78 Å². The number of fused-ring (bicyclic) bond motifs is 1. The fraction of sp³-hybridized carbons (Fsp3) is 1.00. The monoisotopic (exact) mass is 90.0 g/mol. The molecule has 0 aromatic heterocycles. The van der Waals surface area contributed by atoms with Crippen LogP contribution in [0.3, 0.4) is 0 Å². The van der Waals surface area contributed by atoms with E-state index < -0.39 is 11.8 Å². The molecule has 2 saturated carbocycles. The van der Waals surface area contributed by atoms with Gasteiger partial charge in [0.25, 0.3) is 0 Å². The minimum Gasteiger partial charge on any atom is -0.244 e. The first-order valence-corrected chi connectivity index (χ1v) is 2.08. The molecule has 2 rings (SSSR count). The minimum absolute atomic E-state index is 0.169. The van der Waals surface area contributed by atoms with Gasteiger partial charge >= 0.3 is 0 Å². The Bertz CT molecular complexity index is 95.7. The second-order valence-corrected chi connectivity index (χ2v) is 2.14. The van der Waals surface area contributed by atoms with Crippen molar-refractivity contribution in [1.29, 1.82) is 0 Å². The summed E-state index contributed by atoms with van der Waals surface area (Å²) in [5.41, 5.74) is -1.29. The van der Waals surface area contributed by atoms with Gasteiger partial charge in [0.15, 0.2) is 0 Å². The maximum Gasteiger partial charge on any atom is 0.148 e. The van der Waals surface area contributed by atoms with E-state index in [9.17, 15) is 8.78 Å². The van der Waals surface area contributed by atoms with Gasteiger partial charge in [0.1, 0.15) is 11.8 Å². The van der Waals surface area contributed by atoms with E-state index in [-0.39, 0.29) is 5.92 Å². The summed E-state index contributed by atoms with van der Waals surface area (Å²) in [7, 11) is 0. The van der Waals surface area contributed by atoms with Gasteiger partial charge in [-0.25, -0.2) is 8.78 Å². The van der Waals surface area contributed by atoms with E-state index in [0.717, 1.165) is 0 Å². The highest BCUT2D eigenvalue weighted by atomic mass is 19.2. The predicted molar refractivity (Wildman–Crippen MR) is 16.8 cm³/mol. The van der Waals surface area contributed by atoms with Crippen molar-refractivity contribution in [1.82, 2.24) is 0 Å². The lowest BCUT2D eigenvalue weighted by atomic mass is 10.4. The smallest absolute Gasteiger partial charge is 0.148 e. The lowest BCUT2D eigenvalue weighted by Gasteiger charge is -1.85. The molecule has 0 radical (unpaired) electrons. The summed E-state index contributed by atoms with van der Waals surface area (Å²) in [4.78, 5) is 0. The summed E-state index contributed by atoms with van der Waals surface area (Å²) in [5, 5.41) is 0. The normalized spacial score (nSPS) is 73.0. The molecule has 0 saturated heterocycles. The fourth-order valence-electron chi connectivity index (χ4n) is 0.769. The molecule has 0 N–H and O–H groups in total. The largest absolute Gasteiger partial charge is 0.244 e. The van der Waals surface area contributed by atoms with Crippen LogP contribution >= 0.6 is 0 Å².